The Kier molecular flexibility index (Phi) is 4.84. The molecule has 2 saturated heterocycles. The van der Waals surface area contributed by atoms with Gasteiger partial charge in [0.1, 0.15) is 0 Å². The van der Waals surface area contributed by atoms with Crippen LogP contribution in [0.4, 0.5) is 0 Å². The van der Waals surface area contributed by atoms with E-state index in [0.29, 0.717) is 11.8 Å². The lowest BCUT2D eigenvalue weighted by Crippen LogP contribution is -2.45. The van der Waals surface area contributed by atoms with Crippen molar-refractivity contribution in [2.45, 2.75) is 57.5 Å². The predicted molar refractivity (Wildman–Crippen MR) is 85.6 cm³/mol. The summed E-state index contributed by atoms with van der Waals surface area (Å²) in [6.07, 6.45) is 7.65. The zero-order valence-electron chi connectivity index (χ0n) is 13.1. The van der Waals surface area contributed by atoms with Crippen molar-refractivity contribution in [3.05, 3.63) is 0 Å². The van der Waals surface area contributed by atoms with Crippen molar-refractivity contribution >= 4 is 17.7 Å². The Morgan fingerprint density at radius 1 is 1.38 bits per heavy atom. The molecule has 1 aliphatic carbocycles. The molecule has 5 unspecified atom stereocenters. The number of ether oxygens (including phenoxy) is 1. The Morgan fingerprint density at radius 2 is 2.24 bits per heavy atom. The molecule has 1 saturated carbocycles. The molecular weight excluding hydrogens is 284 g/mol. The molecule has 0 aromatic heterocycles. The topological polar surface area (TPSA) is 46.5 Å². The molecule has 3 nitrogen and oxygen atoms in total. The fourth-order valence-corrected chi connectivity index (χ4v) is 6.17. The molecule has 0 aromatic rings. The van der Waals surface area contributed by atoms with Gasteiger partial charge in [0.2, 0.25) is 0 Å². The van der Waals surface area contributed by atoms with Crippen LogP contribution >= 0.6 is 11.8 Å². The van der Waals surface area contributed by atoms with Gasteiger partial charge in [0.15, 0.2) is 0 Å². The number of rotatable bonds is 3. The van der Waals surface area contributed by atoms with Crippen molar-refractivity contribution in [2.24, 2.45) is 23.7 Å². The van der Waals surface area contributed by atoms with Crippen LogP contribution in [-0.4, -0.2) is 34.8 Å². The summed E-state index contributed by atoms with van der Waals surface area (Å²) < 4.78 is 6.13. The second-order valence-corrected chi connectivity index (χ2v) is 8.39. The van der Waals surface area contributed by atoms with Crippen LogP contribution in [0.1, 0.15) is 51.9 Å². The smallest absolute Gasteiger partial charge is 0.306 e. The minimum absolute atomic E-state index is 0.0792. The van der Waals surface area contributed by atoms with Gasteiger partial charge in [-0.15, -0.1) is 0 Å². The van der Waals surface area contributed by atoms with Crippen molar-refractivity contribution in [1.29, 1.82) is 0 Å². The molecule has 1 N–H and O–H groups in total. The summed E-state index contributed by atoms with van der Waals surface area (Å²) in [7, 11) is 0. The van der Waals surface area contributed by atoms with Crippen LogP contribution in [0.25, 0.3) is 0 Å². The van der Waals surface area contributed by atoms with Gasteiger partial charge in [-0.25, -0.2) is 0 Å². The van der Waals surface area contributed by atoms with E-state index in [9.17, 15) is 9.90 Å². The summed E-state index contributed by atoms with van der Waals surface area (Å²) in [6.45, 7) is 3.09. The fraction of sp³-hybridized carbons (Fsp3) is 0.941. The highest BCUT2D eigenvalue weighted by Crippen LogP contribution is 2.48. The molecule has 4 heteroatoms. The number of carboxylic acids is 1. The molecule has 0 aromatic carbocycles. The highest BCUT2D eigenvalue weighted by atomic mass is 32.2. The number of hydrogen-bond donors (Lipinski definition) is 1. The summed E-state index contributed by atoms with van der Waals surface area (Å²) in [5.74, 6) is 3.34. The van der Waals surface area contributed by atoms with E-state index >= 15 is 0 Å². The van der Waals surface area contributed by atoms with Crippen molar-refractivity contribution in [3.8, 4) is 0 Å². The minimum atomic E-state index is -0.559. The van der Waals surface area contributed by atoms with Gasteiger partial charge in [-0.05, 0) is 62.0 Å². The van der Waals surface area contributed by atoms with Gasteiger partial charge >= 0.3 is 5.97 Å². The summed E-state index contributed by atoms with van der Waals surface area (Å²) >= 11 is 2.00. The van der Waals surface area contributed by atoms with Crippen LogP contribution < -0.4 is 0 Å². The average Bonchev–Trinajstić information content (AvgIpc) is 2.94. The number of carboxylic acid groups (broad SMARTS) is 1. The van der Waals surface area contributed by atoms with E-state index in [1.54, 1.807) is 0 Å². The van der Waals surface area contributed by atoms with E-state index in [-0.39, 0.29) is 11.5 Å². The van der Waals surface area contributed by atoms with E-state index in [4.69, 9.17) is 4.74 Å². The quantitative estimate of drug-likeness (QED) is 0.860. The van der Waals surface area contributed by atoms with Crippen LogP contribution in [0.15, 0.2) is 0 Å². The first-order chi connectivity index (χ1) is 10.1. The Hall–Kier alpha value is -0.220. The van der Waals surface area contributed by atoms with Crippen molar-refractivity contribution < 1.29 is 14.6 Å². The first-order valence-electron chi connectivity index (χ1n) is 8.58. The van der Waals surface area contributed by atoms with Crippen LogP contribution in [0, 0.1) is 23.7 Å². The van der Waals surface area contributed by atoms with Gasteiger partial charge in [-0.3, -0.25) is 4.79 Å². The Bertz CT molecular complexity index is 378. The van der Waals surface area contributed by atoms with Crippen LogP contribution in [0.5, 0.6) is 0 Å². The zero-order valence-corrected chi connectivity index (χ0v) is 13.9. The molecule has 3 fully saturated rings. The molecule has 0 bridgehead atoms. The third-order valence-electron chi connectivity index (χ3n) is 6.11. The molecule has 2 aliphatic heterocycles. The first kappa shape index (κ1) is 15.7. The van der Waals surface area contributed by atoms with Crippen molar-refractivity contribution in [1.82, 2.24) is 0 Å². The van der Waals surface area contributed by atoms with Gasteiger partial charge in [-0.2, -0.15) is 11.8 Å². The fourth-order valence-electron chi connectivity index (χ4n) is 4.79. The number of thioether (sulfide) groups is 1. The lowest BCUT2D eigenvalue weighted by molar-refractivity contribution is -0.150. The van der Waals surface area contributed by atoms with Crippen LogP contribution in [0.3, 0.4) is 0 Å². The van der Waals surface area contributed by atoms with Gasteiger partial charge in [0.25, 0.3) is 0 Å². The van der Waals surface area contributed by atoms with Crippen LogP contribution in [0.2, 0.25) is 0 Å². The maximum absolute atomic E-state index is 11.7. The van der Waals surface area contributed by atoms with E-state index in [0.717, 1.165) is 56.8 Å². The maximum Gasteiger partial charge on any atom is 0.306 e. The van der Waals surface area contributed by atoms with Gasteiger partial charge in [0, 0.05) is 12.4 Å². The molecule has 0 amide bonds. The van der Waals surface area contributed by atoms with Crippen molar-refractivity contribution in [3.63, 3.8) is 0 Å². The SMILES string of the molecule is CCC1CCC(C(=O)O)C(C2CCOC3(CCSC3)C2)C1. The van der Waals surface area contributed by atoms with E-state index in [1.807, 2.05) is 11.8 Å². The van der Waals surface area contributed by atoms with Gasteiger partial charge < -0.3 is 9.84 Å². The second-order valence-electron chi connectivity index (χ2n) is 7.28. The average molecular weight is 312 g/mol. The van der Waals surface area contributed by atoms with Crippen LogP contribution in [-0.2, 0) is 9.53 Å². The normalized spacial score (nSPS) is 44.0. The first-order valence-corrected chi connectivity index (χ1v) is 9.73. The number of aliphatic carboxylic acids is 1. The third-order valence-corrected chi connectivity index (χ3v) is 7.33. The highest BCUT2D eigenvalue weighted by molar-refractivity contribution is 7.99. The predicted octanol–water partition coefficient (Wildman–Crippen LogP) is 3.82. The standard InChI is InChI=1S/C17H28O3S/c1-2-12-3-4-14(16(18)19)15(9-12)13-5-7-20-17(10-13)6-8-21-11-17/h12-15H,2-11H2,1H3,(H,18,19). The largest absolute Gasteiger partial charge is 0.481 e. The molecule has 120 valence electrons. The van der Waals surface area contributed by atoms with E-state index < -0.39 is 5.97 Å². The Morgan fingerprint density at radius 3 is 2.90 bits per heavy atom. The van der Waals surface area contributed by atoms with E-state index in [1.165, 1.54) is 12.2 Å². The molecule has 1 spiro atoms. The second kappa shape index (κ2) is 6.49. The maximum atomic E-state index is 11.7. The lowest BCUT2D eigenvalue weighted by atomic mass is 9.64. The third kappa shape index (κ3) is 3.26. The highest BCUT2D eigenvalue weighted by Gasteiger charge is 2.46. The molecule has 21 heavy (non-hydrogen) atoms. The summed E-state index contributed by atoms with van der Waals surface area (Å²) in [4.78, 5) is 11.7. The number of carbonyl (C=O) groups is 1. The Labute approximate surface area is 132 Å². The zero-order chi connectivity index (χ0) is 14.9. The van der Waals surface area contributed by atoms with Crippen molar-refractivity contribution in [2.75, 3.05) is 18.1 Å². The molecule has 3 aliphatic rings. The minimum Gasteiger partial charge on any atom is -0.481 e. The van der Waals surface area contributed by atoms with E-state index in [2.05, 4.69) is 6.92 Å². The molecule has 0 radical (unpaired) electrons. The molecule has 2 heterocycles. The Balaban J connectivity index is 1.73. The lowest BCUT2D eigenvalue weighted by Gasteiger charge is -2.45. The molecule has 5 atom stereocenters. The summed E-state index contributed by atoms with van der Waals surface area (Å²) in [5, 5.41) is 9.62. The monoisotopic (exact) mass is 312 g/mol. The summed E-state index contributed by atoms with van der Waals surface area (Å²) in [5.41, 5.74) is 0.0792. The summed E-state index contributed by atoms with van der Waals surface area (Å²) in [6, 6.07) is 0. The molecule has 3 rings (SSSR count). The molecular formula is C17H28O3S. The number of hydrogen-bond acceptors (Lipinski definition) is 3. The van der Waals surface area contributed by atoms with Gasteiger partial charge in [0.05, 0.1) is 11.5 Å². The van der Waals surface area contributed by atoms with Gasteiger partial charge in [-0.1, -0.05) is 13.3 Å².